The molecule has 0 bridgehead atoms. The van der Waals surface area contributed by atoms with Crippen molar-refractivity contribution >= 4 is 39.2 Å². The molecule has 37 heavy (non-hydrogen) atoms. The van der Waals surface area contributed by atoms with Gasteiger partial charge in [-0.3, -0.25) is 14.2 Å². The van der Waals surface area contributed by atoms with Gasteiger partial charge < -0.3 is 10.1 Å². The Balaban J connectivity index is 1.64. The minimum absolute atomic E-state index is 0.275. The molecule has 8 nitrogen and oxygen atoms in total. The van der Waals surface area contributed by atoms with E-state index in [1.165, 1.54) is 23.0 Å². The number of esters is 1. The molecule has 5 rings (SSSR count). The number of carbonyl (C=O) groups excluding carboxylic acids is 2. The van der Waals surface area contributed by atoms with Gasteiger partial charge in [-0.05, 0) is 69.2 Å². The summed E-state index contributed by atoms with van der Waals surface area (Å²) in [5, 5.41) is 9.07. The Morgan fingerprint density at radius 2 is 1.89 bits per heavy atom. The molecular weight excluding hydrogens is 488 g/mol. The van der Waals surface area contributed by atoms with Crippen molar-refractivity contribution in [3.63, 3.8) is 0 Å². The van der Waals surface area contributed by atoms with E-state index >= 15 is 0 Å². The van der Waals surface area contributed by atoms with Crippen molar-refractivity contribution in [3.8, 4) is 5.69 Å². The fourth-order valence-electron chi connectivity index (χ4n) is 5.33. The van der Waals surface area contributed by atoms with Crippen LogP contribution in [0.5, 0.6) is 0 Å². The number of nitrogens with zero attached hydrogens (tertiary/aromatic N) is 3. The summed E-state index contributed by atoms with van der Waals surface area (Å²) >= 11 is 1.43. The first-order valence-corrected chi connectivity index (χ1v) is 13.4. The third-order valence-electron chi connectivity index (χ3n) is 7.04. The highest BCUT2D eigenvalue weighted by atomic mass is 32.1. The summed E-state index contributed by atoms with van der Waals surface area (Å²) in [6.45, 7) is 5.67. The lowest BCUT2D eigenvalue weighted by Gasteiger charge is -2.21. The van der Waals surface area contributed by atoms with Crippen LogP contribution in [-0.4, -0.2) is 33.3 Å². The van der Waals surface area contributed by atoms with Crippen LogP contribution in [-0.2, 0) is 22.4 Å². The summed E-state index contributed by atoms with van der Waals surface area (Å²) in [7, 11) is 1.35. The molecule has 3 aromatic heterocycles. The van der Waals surface area contributed by atoms with Crippen molar-refractivity contribution < 1.29 is 14.3 Å². The Bertz CT molecular complexity index is 1560. The van der Waals surface area contributed by atoms with Gasteiger partial charge in [-0.15, -0.1) is 11.3 Å². The largest absolute Gasteiger partial charge is 0.465 e. The second-order valence-electron chi connectivity index (χ2n) is 9.39. The Morgan fingerprint density at radius 1 is 1.16 bits per heavy atom. The summed E-state index contributed by atoms with van der Waals surface area (Å²) in [5.74, 6) is -0.799. The van der Waals surface area contributed by atoms with Crippen LogP contribution in [0.4, 0.5) is 5.00 Å². The molecule has 1 atom stereocenters. The second-order valence-corrected chi connectivity index (χ2v) is 10.5. The summed E-state index contributed by atoms with van der Waals surface area (Å²) in [6, 6.07) is 10.3. The number of amides is 1. The number of benzene rings is 1. The lowest BCUT2D eigenvalue weighted by atomic mass is 9.95. The molecule has 1 N–H and O–H groups in total. The normalized spacial score (nSPS) is 13.8. The molecule has 192 valence electrons. The molecule has 1 aliphatic carbocycles. The van der Waals surface area contributed by atoms with Gasteiger partial charge in [-0.2, -0.15) is 5.10 Å². The van der Waals surface area contributed by atoms with E-state index in [0.717, 1.165) is 58.5 Å². The number of carbonyl (C=O) groups is 2. The Labute approximate surface area is 218 Å². The molecule has 0 radical (unpaired) electrons. The molecule has 9 heteroatoms. The van der Waals surface area contributed by atoms with E-state index in [1.807, 2.05) is 51.1 Å². The predicted octanol–water partition coefficient (Wildman–Crippen LogP) is 5.12. The highest BCUT2D eigenvalue weighted by Gasteiger charge is 2.30. The van der Waals surface area contributed by atoms with Gasteiger partial charge in [-0.1, -0.05) is 25.1 Å². The topological polar surface area (TPSA) is 95.2 Å². The van der Waals surface area contributed by atoms with Crippen LogP contribution >= 0.6 is 11.3 Å². The van der Waals surface area contributed by atoms with Crippen LogP contribution in [0.15, 0.2) is 41.2 Å². The number of hydrogen-bond acceptors (Lipinski definition) is 6. The average Bonchev–Trinajstić information content (AvgIpc) is 3.43. The van der Waals surface area contributed by atoms with Crippen molar-refractivity contribution in [1.29, 1.82) is 0 Å². The Morgan fingerprint density at radius 3 is 2.59 bits per heavy atom. The van der Waals surface area contributed by atoms with Crippen LogP contribution in [0.3, 0.4) is 0 Å². The number of aryl methyl sites for hydroxylation is 3. The standard InChI is InChI=1S/C28H30N4O4S/c1-5-20(25(34)29-26-24(28(35)36-4)19-13-9-10-14-21(19)37-26)31-22(33)15-16(2)23-17(3)30-32(27(23)31)18-11-7-6-8-12-18/h6-8,11-12,15,20H,5,9-10,13-14H2,1-4H3,(H,29,34). The number of anilines is 1. The molecule has 1 aromatic carbocycles. The summed E-state index contributed by atoms with van der Waals surface area (Å²) in [5.41, 5.74) is 4.10. The number of rotatable bonds is 6. The summed E-state index contributed by atoms with van der Waals surface area (Å²) in [6.07, 6.45) is 4.10. The van der Waals surface area contributed by atoms with E-state index in [0.29, 0.717) is 22.6 Å². The summed E-state index contributed by atoms with van der Waals surface area (Å²) in [4.78, 5) is 41.1. The fourth-order valence-corrected chi connectivity index (χ4v) is 6.61. The molecule has 0 aliphatic heterocycles. The number of pyridine rings is 1. The van der Waals surface area contributed by atoms with Crippen LogP contribution in [0.25, 0.3) is 16.7 Å². The second kappa shape index (κ2) is 9.97. The molecule has 1 unspecified atom stereocenters. The zero-order valence-corrected chi connectivity index (χ0v) is 22.3. The van der Waals surface area contributed by atoms with Crippen molar-refractivity contribution in [3.05, 3.63) is 74.0 Å². The van der Waals surface area contributed by atoms with E-state index in [4.69, 9.17) is 9.84 Å². The number of hydrogen-bond donors (Lipinski definition) is 1. The molecule has 1 aliphatic rings. The maximum absolute atomic E-state index is 13.8. The lowest BCUT2D eigenvalue weighted by molar-refractivity contribution is -0.119. The number of ether oxygens (including phenoxy) is 1. The van der Waals surface area contributed by atoms with Gasteiger partial charge in [0.25, 0.3) is 5.56 Å². The van der Waals surface area contributed by atoms with Gasteiger partial charge in [0.2, 0.25) is 5.91 Å². The van der Waals surface area contributed by atoms with Crippen molar-refractivity contribution in [2.24, 2.45) is 0 Å². The number of fused-ring (bicyclic) bond motifs is 2. The first kappa shape index (κ1) is 25.0. The average molecular weight is 519 g/mol. The zero-order chi connectivity index (χ0) is 26.3. The molecule has 0 spiro atoms. The predicted molar refractivity (Wildman–Crippen MR) is 145 cm³/mol. The van der Waals surface area contributed by atoms with Crippen molar-refractivity contribution in [2.75, 3.05) is 12.4 Å². The van der Waals surface area contributed by atoms with Gasteiger partial charge in [-0.25, -0.2) is 9.48 Å². The molecule has 4 aromatic rings. The number of methoxy groups -OCH3 is 1. The quantitative estimate of drug-likeness (QED) is 0.358. The van der Waals surface area contributed by atoms with Gasteiger partial charge in [0, 0.05) is 16.3 Å². The van der Waals surface area contributed by atoms with Crippen molar-refractivity contribution in [1.82, 2.24) is 14.3 Å². The van der Waals surface area contributed by atoms with Crippen LogP contribution in [0.1, 0.15) is 64.3 Å². The molecule has 1 amide bonds. The monoisotopic (exact) mass is 518 g/mol. The van der Waals surface area contributed by atoms with E-state index < -0.39 is 12.0 Å². The highest BCUT2D eigenvalue weighted by Crippen LogP contribution is 2.39. The van der Waals surface area contributed by atoms with Crippen LogP contribution in [0.2, 0.25) is 0 Å². The van der Waals surface area contributed by atoms with E-state index in [1.54, 1.807) is 10.7 Å². The third kappa shape index (κ3) is 4.27. The molecule has 0 fully saturated rings. The fraction of sp³-hybridized carbons (Fsp3) is 0.357. The molecule has 3 heterocycles. The van der Waals surface area contributed by atoms with Gasteiger partial charge >= 0.3 is 5.97 Å². The number of para-hydroxylation sites is 1. The van der Waals surface area contributed by atoms with E-state index in [9.17, 15) is 14.4 Å². The van der Waals surface area contributed by atoms with Crippen LogP contribution < -0.4 is 10.9 Å². The zero-order valence-electron chi connectivity index (χ0n) is 21.5. The van der Waals surface area contributed by atoms with Crippen LogP contribution in [0, 0.1) is 13.8 Å². The summed E-state index contributed by atoms with van der Waals surface area (Å²) < 4.78 is 8.33. The minimum Gasteiger partial charge on any atom is -0.465 e. The molecule has 0 saturated carbocycles. The van der Waals surface area contributed by atoms with Gasteiger partial charge in [0.05, 0.1) is 24.1 Å². The highest BCUT2D eigenvalue weighted by molar-refractivity contribution is 7.17. The first-order chi connectivity index (χ1) is 17.8. The van der Waals surface area contributed by atoms with Gasteiger partial charge in [0.1, 0.15) is 16.7 Å². The molecule has 0 saturated heterocycles. The van der Waals surface area contributed by atoms with Gasteiger partial charge in [0.15, 0.2) is 0 Å². The number of thiophene rings is 1. The maximum atomic E-state index is 13.8. The van der Waals surface area contributed by atoms with Crippen molar-refractivity contribution in [2.45, 2.75) is 58.9 Å². The third-order valence-corrected chi connectivity index (χ3v) is 8.24. The Hall–Kier alpha value is -3.72. The minimum atomic E-state index is -0.807. The lowest BCUT2D eigenvalue weighted by Crippen LogP contribution is -2.34. The SMILES string of the molecule is CCC(C(=O)Nc1sc2c(c1C(=O)OC)CCCC2)n1c(=O)cc(C)c2c(C)nn(-c3ccccc3)c21. The smallest absolute Gasteiger partial charge is 0.341 e. The Kier molecular flexibility index (Phi) is 6.72. The van der Waals surface area contributed by atoms with E-state index in [2.05, 4.69) is 5.32 Å². The maximum Gasteiger partial charge on any atom is 0.341 e. The number of nitrogens with one attached hydrogen (secondary N) is 1. The first-order valence-electron chi connectivity index (χ1n) is 12.6. The van der Waals surface area contributed by atoms with E-state index in [-0.39, 0.29) is 11.5 Å². The number of aromatic nitrogens is 3. The molecular formula is C28H30N4O4S.